The number of nitrogens with one attached hydrogen (secondary N) is 2. The number of piperidine rings is 1. The molecule has 0 aromatic heterocycles. The van der Waals surface area contributed by atoms with E-state index in [1.165, 1.54) is 0 Å². The Morgan fingerprint density at radius 3 is 2.43 bits per heavy atom. The van der Waals surface area contributed by atoms with Crippen molar-refractivity contribution in [3.05, 3.63) is 70.8 Å². The van der Waals surface area contributed by atoms with Crippen molar-refractivity contribution in [1.29, 1.82) is 5.26 Å². The van der Waals surface area contributed by atoms with Gasteiger partial charge in [0.2, 0.25) is 0 Å². The monoisotopic (exact) mass is 491 g/mol. The number of para-hydroxylation sites is 2. The Bertz CT molecular complexity index is 1160. The molecule has 2 aromatic carbocycles. The van der Waals surface area contributed by atoms with Gasteiger partial charge < -0.3 is 15.5 Å². The number of likely N-dealkylation sites (tertiary alicyclic amines) is 1. The summed E-state index contributed by atoms with van der Waals surface area (Å²) in [6.45, 7) is 6.80. The van der Waals surface area contributed by atoms with Gasteiger partial charge in [0.1, 0.15) is 17.5 Å². The van der Waals surface area contributed by atoms with Crippen LogP contribution in [0.4, 0.5) is 11.4 Å². The van der Waals surface area contributed by atoms with E-state index in [4.69, 9.17) is 11.6 Å². The second kappa shape index (κ2) is 12.2. The Balaban J connectivity index is 1.62. The van der Waals surface area contributed by atoms with Crippen LogP contribution in [-0.2, 0) is 4.79 Å². The molecule has 1 saturated heterocycles. The van der Waals surface area contributed by atoms with Gasteiger partial charge in [-0.3, -0.25) is 9.59 Å². The highest BCUT2D eigenvalue weighted by Gasteiger charge is 2.25. The van der Waals surface area contributed by atoms with E-state index < -0.39 is 0 Å². The number of aliphatic imine (C=N–C) groups is 1. The second-order valence-electron chi connectivity index (χ2n) is 8.82. The summed E-state index contributed by atoms with van der Waals surface area (Å²) in [5, 5.41) is 16.2. The van der Waals surface area contributed by atoms with Crippen LogP contribution < -0.4 is 10.6 Å². The molecule has 2 amide bonds. The first-order chi connectivity index (χ1) is 16.8. The molecule has 1 fully saturated rings. The Morgan fingerprint density at radius 2 is 1.80 bits per heavy atom. The van der Waals surface area contributed by atoms with Gasteiger partial charge >= 0.3 is 0 Å². The first-order valence-electron chi connectivity index (χ1n) is 11.7. The summed E-state index contributed by atoms with van der Waals surface area (Å²) < 4.78 is 0. The maximum Gasteiger partial charge on any atom is 0.264 e. The fourth-order valence-electron chi connectivity index (χ4n) is 3.85. The molecule has 0 radical (unpaired) electrons. The molecule has 0 atom stereocenters. The SMILES string of the molecule is CC(=Nc1ccccc1NC1CCN(C(=O)/C(C#N)=C\C(C)C)CC1)NC(=O)c1ccc(Cl)cc1. The summed E-state index contributed by atoms with van der Waals surface area (Å²) in [5.41, 5.74) is 2.28. The quantitative estimate of drug-likeness (QED) is 0.247. The van der Waals surface area contributed by atoms with Crippen molar-refractivity contribution in [2.24, 2.45) is 10.9 Å². The van der Waals surface area contributed by atoms with Crippen LogP contribution in [-0.4, -0.2) is 41.7 Å². The number of amides is 2. The summed E-state index contributed by atoms with van der Waals surface area (Å²) >= 11 is 5.89. The van der Waals surface area contributed by atoms with Gasteiger partial charge in [0, 0.05) is 29.7 Å². The summed E-state index contributed by atoms with van der Waals surface area (Å²) in [6, 6.07) is 16.5. The van der Waals surface area contributed by atoms with Gasteiger partial charge in [-0.1, -0.05) is 43.7 Å². The summed E-state index contributed by atoms with van der Waals surface area (Å²) in [7, 11) is 0. The highest BCUT2D eigenvalue weighted by atomic mass is 35.5. The zero-order chi connectivity index (χ0) is 25.4. The van der Waals surface area contributed by atoms with E-state index in [2.05, 4.69) is 15.6 Å². The molecule has 0 spiro atoms. The molecule has 1 aliphatic rings. The number of anilines is 1. The van der Waals surface area contributed by atoms with E-state index >= 15 is 0 Å². The van der Waals surface area contributed by atoms with Crippen molar-refractivity contribution < 1.29 is 9.59 Å². The molecule has 0 bridgehead atoms. The van der Waals surface area contributed by atoms with E-state index in [0.717, 1.165) is 18.5 Å². The van der Waals surface area contributed by atoms with Gasteiger partial charge in [0.25, 0.3) is 11.8 Å². The van der Waals surface area contributed by atoms with E-state index in [0.29, 0.717) is 35.2 Å². The number of benzene rings is 2. The molecular weight excluding hydrogens is 462 g/mol. The van der Waals surface area contributed by atoms with Crippen LogP contribution in [0.1, 0.15) is 44.0 Å². The second-order valence-corrected chi connectivity index (χ2v) is 9.26. The van der Waals surface area contributed by atoms with E-state index in [1.807, 2.05) is 44.2 Å². The minimum atomic E-state index is -0.256. The normalized spacial score (nSPS) is 15.0. The molecule has 3 rings (SSSR count). The van der Waals surface area contributed by atoms with Crippen molar-refractivity contribution in [3.63, 3.8) is 0 Å². The highest BCUT2D eigenvalue weighted by molar-refractivity contribution is 6.30. The fraction of sp³-hybridized carbons (Fsp3) is 0.333. The Morgan fingerprint density at radius 1 is 1.14 bits per heavy atom. The van der Waals surface area contributed by atoms with Crippen molar-refractivity contribution >= 4 is 40.6 Å². The number of allylic oxidation sites excluding steroid dienone is 1. The lowest BCUT2D eigenvalue weighted by molar-refractivity contribution is -0.127. The zero-order valence-corrected chi connectivity index (χ0v) is 21.0. The number of hydrogen-bond acceptors (Lipinski definition) is 5. The first-order valence-corrected chi connectivity index (χ1v) is 12.0. The molecule has 0 unspecified atom stereocenters. The number of carbonyl (C=O) groups is 2. The number of amidine groups is 1. The lowest BCUT2D eigenvalue weighted by atomic mass is 10.0. The third-order valence-electron chi connectivity index (χ3n) is 5.59. The van der Waals surface area contributed by atoms with Crippen LogP contribution in [0, 0.1) is 17.2 Å². The predicted octanol–water partition coefficient (Wildman–Crippen LogP) is 5.33. The summed E-state index contributed by atoms with van der Waals surface area (Å²) in [4.78, 5) is 31.5. The molecule has 182 valence electrons. The van der Waals surface area contributed by atoms with Gasteiger partial charge in [-0.15, -0.1) is 0 Å². The first kappa shape index (κ1) is 26.0. The van der Waals surface area contributed by atoms with Gasteiger partial charge in [0.05, 0.1) is 11.4 Å². The molecule has 8 heteroatoms. The lowest BCUT2D eigenvalue weighted by Gasteiger charge is -2.33. The van der Waals surface area contributed by atoms with Crippen LogP contribution in [0.3, 0.4) is 0 Å². The average molecular weight is 492 g/mol. The largest absolute Gasteiger partial charge is 0.380 e. The van der Waals surface area contributed by atoms with Crippen LogP contribution in [0.15, 0.2) is 65.2 Å². The number of hydrogen-bond donors (Lipinski definition) is 2. The minimum absolute atomic E-state index is 0.143. The number of rotatable bonds is 6. The Labute approximate surface area is 211 Å². The predicted molar refractivity (Wildman–Crippen MR) is 140 cm³/mol. The van der Waals surface area contributed by atoms with Crippen molar-refractivity contribution in [1.82, 2.24) is 10.2 Å². The van der Waals surface area contributed by atoms with Gasteiger partial charge in [-0.05, 0) is 62.1 Å². The Hall–Kier alpha value is -3.63. The third-order valence-corrected chi connectivity index (χ3v) is 5.84. The Kier molecular flexibility index (Phi) is 9.04. The van der Waals surface area contributed by atoms with Crippen molar-refractivity contribution in [3.8, 4) is 6.07 Å². The van der Waals surface area contributed by atoms with Crippen LogP contribution in [0.5, 0.6) is 0 Å². The summed E-state index contributed by atoms with van der Waals surface area (Å²) in [5.74, 6) is 0.162. The topological polar surface area (TPSA) is 97.6 Å². The van der Waals surface area contributed by atoms with E-state index in [9.17, 15) is 14.9 Å². The number of carbonyl (C=O) groups excluding carboxylic acids is 2. The molecule has 2 N–H and O–H groups in total. The third kappa shape index (κ3) is 7.43. The lowest BCUT2D eigenvalue weighted by Crippen LogP contribution is -2.42. The van der Waals surface area contributed by atoms with E-state index in [-0.39, 0.29) is 29.3 Å². The van der Waals surface area contributed by atoms with Gasteiger partial charge in [0.15, 0.2) is 0 Å². The van der Waals surface area contributed by atoms with E-state index in [1.54, 1.807) is 42.2 Å². The molecule has 2 aromatic rings. The number of nitrogens with zero attached hydrogens (tertiary/aromatic N) is 3. The van der Waals surface area contributed by atoms with Gasteiger partial charge in [-0.25, -0.2) is 4.99 Å². The maximum absolute atomic E-state index is 12.7. The van der Waals surface area contributed by atoms with Crippen molar-refractivity contribution in [2.45, 2.75) is 39.7 Å². The number of halogens is 1. The maximum atomic E-state index is 12.7. The fourth-order valence-corrected chi connectivity index (χ4v) is 3.97. The van der Waals surface area contributed by atoms with Crippen molar-refractivity contribution in [2.75, 3.05) is 18.4 Å². The molecule has 0 aliphatic carbocycles. The molecule has 35 heavy (non-hydrogen) atoms. The minimum Gasteiger partial charge on any atom is -0.380 e. The van der Waals surface area contributed by atoms with Gasteiger partial charge in [-0.2, -0.15) is 5.26 Å². The van der Waals surface area contributed by atoms with Crippen LogP contribution in [0.2, 0.25) is 5.02 Å². The zero-order valence-electron chi connectivity index (χ0n) is 20.2. The van der Waals surface area contributed by atoms with Crippen LogP contribution >= 0.6 is 11.6 Å². The molecule has 0 saturated carbocycles. The summed E-state index contributed by atoms with van der Waals surface area (Å²) in [6.07, 6.45) is 3.24. The molecule has 7 nitrogen and oxygen atoms in total. The average Bonchev–Trinajstić information content (AvgIpc) is 2.84. The van der Waals surface area contributed by atoms with Crippen LogP contribution in [0.25, 0.3) is 0 Å². The highest BCUT2D eigenvalue weighted by Crippen LogP contribution is 2.27. The molecule has 1 heterocycles. The number of nitriles is 1. The molecule has 1 aliphatic heterocycles. The molecular formula is C27H30ClN5O2. The standard InChI is InChI=1S/C27H30ClN5O2/c1-18(2)16-21(17-29)27(35)33-14-12-23(13-15-33)32-25-7-5-4-6-24(25)30-19(3)31-26(34)20-8-10-22(28)11-9-20/h4-11,16,18,23,32H,12-15H2,1-3H3,(H,30,31,34)/b21-16-. The smallest absolute Gasteiger partial charge is 0.264 e.